The number of aryl methyl sites for hydroxylation is 1. The van der Waals surface area contributed by atoms with E-state index in [0.29, 0.717) is 24.6 Å². The SMILES string of the molecule is C=C(F)C(=O)N1CC(n2cc(-c3cc4cc(C)cc(OC)c4s3)c3c(N)ncnc32)C1. The monoisotopic (exact) mass is 437 g/mol. The van der Waals surface area contributed by atoms with Crippen molar-refractivity contribution in [3.63, 3.8) is 0 Å². The number of hydrogen-bond donors (Lipinski definition) is 1. The molecule has 1 aliphatic rings. The van der Waals surface area contributed by atoms with E-state index >= 15 is 0 Å². The fourth-order valence-corrected chi connectivity index (χ4v) is 5.24. The molecule has 1 aromatic carbocycles. The van der Waals surface area contributed by atoms with Gasteiger partial charge in [-0.3, -0.25) is 4.79 Å². The van der Waals surface area contributed by atoms with Crippen molar-refractivity contribution in [2.24, 2.45) is 0 Å². The third-order valence-electron chi connectivity index (χ3n) is 5.63. The maximum absolute atomic E-state index is 13.2. The molecule has 0 aliphatic carbocycles. The van der Waals surface area contributed by atoms with Gasteiger partial charge in [-0.2, -0.15) is 0 Å². The molecule has 1 aliphatic heterocycles. The van der Waals surface area contributed by atoms with Crippen molar-refractivity contribution in [3.05, 3.63) is 48.7 Å². The minimum absolute atomic E-state index is 0.0278. The molecule has 0 spiro atoms. The highest BCUT2D eigenvalue weighted by molar-refractivity contribution is 7.22. The number of amides is 1. The van der Waals surface area contributed by atoms with E-state index in [-0.39, 0.29) is 6.04 Å². The van der Waals surface area contributed by atoms with Crippen LogP contribution in [-0.4, -0.2) is 45.5 Å². The van der Waals surface area contributed by atoms with E-state index in [1.807, 2.05) is 23.8 Å². The number of carbonyl (C=O) groups is 1. The molecule has 31 heavy (non-hydrogen) atoms. The minimum atomic E-state index is -0.947. The van der Waals surface area contributed by atoms with Gasteiger partial charge in [0.05, 0.1) is 23.2 Å². The number of thiophene rings is 1. The number of ether oxygens (including phenoxy) is 1. The largest absolute Gasteiger partial charge is 0.495 e. The maximum atomic E-state index is 13.2. The molecule has 1 fully saturated rings. The van der Waals surface area contributed by atoms with Crippen LogP contribution in [0.15, 0.2) is 43.1 Å². The highest BCUT2D eigenvalue weighted by Crippen LogP contribution is 2.43. The molecule has 1 amide bonds. The molecule has 4 aromatic rings. The number of rotatable bonds is 4. The van der Waals surface area contributed by atoms with Crippen LogP contribution in [0.25, 0.3) is 31.6 Å². The standard InChI is InChI=1S/C22H20FN5O2S/c1-11-4-13-6-17(31-19(13)16(5-11)30-3)15-9-28(21-18(15)20(24)25-10-26-21)14-7-27(8-14)22(29)12(2)23/h4-6,9-10,14H,2,7-8H2,1,3H3,(H2,24,25,26). The summed E-state index contributed by atoms with van der Waals surface area (Å²) in [5.41, 5.74) is 8.98. The minimum Gasteiger partial charge on any atom is -0.495 e. The number of methoxy groups -OCH3 is 1. The summed E-state index contributed by atoms with van der Waals surface area (Å²) >= 11 is 1.62. The molecule has 3 aromatic heterocycles. The Kier molecular flexibility index (Phi) is 4.44. The Hall–Kier alpha value is -3.46. The summed E-state index contributed by atoms with van der Waals surface area (Å²) in [6, 6.07) is 6.23. The Morgan fingerprint density at radius 1 is 1.32 bits per heavy atom. The second-order valence-corrected chi connectivity index (χ2v) is 8.72. The molecule has 1 saturated heterocycles. The van der Waals surface area contributed by atoms with Gasteiger partial charge < -0.3 is 19.9 Å². The van der Waals surface area contributed by atoms with Crippen LogP contribution in [0.2, 0.25) is 0 Å². The van der Waals surface area contributed by atoms with E-state index in [1.165, 1.54) is 11.2 Å². The average Bonchev–Trinajstić information content (AvgIpc) is 3.28. The Morgan fingerprint density at radius 3 is 2.81 bits per heavy atom. The highest BCUT2D eigenvalue weighted by Gasteiger charge is 2.35. The molecule has 158 valence electrons. The normalized spacial score (nSPS) is 14.2. The van der Waals surface area contributed by atoms with Gasteiger partial charge in [-0.25, -0.2) is 14.4 Å². The lowest BCUT2D eigenvalue weighted by Gasteiger charge is -2.39. The molecule has 0 saturated carbocycles. The Labute approximate surface area is 181 Å². The first-order valence-electron chi connectivity index (χ1n) is 9.70. The highest BCUT2D eigenvalue weighted by atomic mass is 32.1. The number of nitrogens with zero attached hydrogens (tertiary/aromatic N) is 4. The first-order valence-corrected chi connectivity index (χ1v) is 10.5. The topological polar surface area (TPSA) is 86.3 Å². The molecule has 0 bridgehead atoms. The molecule has 2 N–H and O–H groups in total. The van der Waals surface area contributed by atoms with Crippen molar-refractivity contribution < 1.29 is 13.9 Å². The van der Waals surface area contributed by atoms with Gasteiger partial charge in [0.25, 0.3) is 5.91 Å². The number of halogens is 1. The zero-order chi connectivity index (χ0) is 21.9. The number of nitrogen functional groups attached to an aromatic ring is 1. The van der Waals surface area contributed by atoms with Gasteiger partial charge in [-0.15, -0.1) is 11.3 Å². The van der Waals surface area contributed by atoms with Crippen LogP contribution in [0.1, 0.15) is 11.6 Å². The summed E-state index contributed by atoms with van der Waals surface area (Å²) in [4.78, 5) is 22.9. The number of hydrogen-bond acceptors (Lipinski definition) is 6. The molecule has 0 unspecified atom stereocenters. The smallest absolute Gasteiger partial charge is 0.282 e. The molecule has 0 radical (unpaired) electrons. The van der Waals surface area contributed by atoms with Gasteiger partial charge in [0.2, 0.25) is 0 Å². The van der Waals surface area contributed by atoms with Crippen molar-refractivity contribution >= 4 is 44.2 Å². The number of aromatic nitrogens is 3. The zero-order valence-corrected chi connectivity index (χ0v) is 17.9. The number of fused-ring (bicyclic) bond motifs is 2. The van der Waals surface area contributed by atoms with Gasteiger partial charge in [0.15, 0.2) is 5.83 Å². The number of benzene rings is 1. The zero-order valence-electron chi connectivity index (χ0n) is 17.1. The van der Waals surface area contributed by atoms with Crippen LogP contribution in [0.3, 0.4) is 0 Å². The number of anilines is 1. The lowest BCUT2D eigenvalue weighted by Crippen LogP contribution is -2.50. The molecular formula is C22H20FN5O2S. The Morgan fingerprint density at radius 2 is 2.10 bits per heavy atom. The second-order valence-electron chi connectivity index (χ2n) is 7.67. The summed E-state index contributed by atoms with van der Waals surface area (Å²) < 4.78 is 21.8. The van der Waals surface area contributed by atoms with Crippen LogP contribution in [0.4, 0.5) is 10.2 Å². The maximum Gasteiger partial charge on any atom is 0.282 e. The lowest BCUT2D eigenvalue weighted by atomic mass is 10.1. The van der Waals surface area contributed by atoms with Gasteiger partial charge in [0.1, 0.15) is 23.5 Å². The second kappa shape index (κ2) is 7.05. The van der Waals surface area contributed by atoms with Gasteiger partial charge in [0, 0.05) is 29.7 Å². The summed E-state index contributed by atoms with van der Waals surface area (Å²) in [5.74, 6) is -0.394. The Balaban J connectivity index is 1.62. The first kappa shape index (κ1) is 19.5. The molecule has 5 rings (SSSR count). The van der Waals surface area contributed by atoms with E-state index in [9.17, 15) is 9.18 Å². The Bertz CT molecular complexity index is 1370. The third kappa shape index (κ3) is 3.04. The molecule has 0 atom stereocenters. The number of carbonyl (C=O) groups excluding carboxylic acids is 1. The quantitative estimate of drug-likeness (QED) is 0.486. The molecular weight excluding hydrogens is 417 g/mol. The van der Waals surface area contributed by atoms with E-state index in [1.54, 1.807) is 18.4 Å². The van der Waals surface area contributed by atoms with Gasteiger partial charge >= 0.3 is 0 Å². The van der Waals surface area contributed by atoms with E-state index in [2.05, 4.69) is 28.7 Å². The fourth-order valence-electron chi connectivity index (χ4n) is 4.09. The number of likely N-dealkylation sites (tertiary alicyclic amines) is 1. The average molecular weight is 438 g/mol. The van der Waals surface area contributed by atoms with Crippen LogP contribution >= 0.6 is 11.3 Å². The molecule has 4 heterocycles. The summed E-state index contributed by atoms with van der Waals surface area (Å²) in [6.07, 6.45) is 3.43. The predicted molar refractivity (Wildman–Crippen MR) is 120 cm³/mol. The first-order chi connectivity index (χ1) is 14.9. The van der Waals surface area contributed by atoms with Gasteiger partial charge in [-0.1, -0.05) is 12.6 Å². The van der Waals surface area contributed by atoms with Crippen molar-refractivity contribution in [3.8, 4) is 16.2 Å². The molecule has 9 heteroatoms. The van der Waals surface area contributed by atoms with Crippen molar-refractivity contribution in [1.29, 1.82) is 0 Å². The van der Waals surface area contributed by atoms with Crippen LogP contribution < -0.4 is 10.5 Å². The van der Waals surface area contributed by atoms with Gasteiger partial charge in [-0.05, 0) is 30.0 Å². The fraction of sp³-hybridized carbons (Fsp3) is 0.227. The third-order valence-corrected chi connectivity index (χ3v) is 6.82. The van der Waals surface area contributed by atoms with Crippen LogP contribution in [-0.2, 0) is 4.79 Å². The van der Waals surface area contributed by atoms with E-state index in [4.69, 9.17) is 10.5 Å². The van der Waals surface area contributed by atoms with Crippen LogP contribution in [0, 0.1) is 6.92 Å². The van der Waals surface area contributed by atoms with Crippen molar-refractivity contribution in [1.82, 2.24) is 19.4 Å². The van der Waals surface area contributed by atoms with E-state index in [0.717, 1.165) is 37.2 Å². The molecule has 7 nitrogen and oxygen atoms in total. The predicted octanol–water partition coefficient (Wildman–Crippen LogP) is 4.08. The number of nitrogens with two attached hydrogens (primary N) is 1. The lowest BCUT2D eigenvalue weighted by molar-refractivity contribution is -0.134. The summed E-state index contributed by atoms with van der Waals surface area (Å²) in [5, 5.41) is 1.86. The van der Waals surface area contributed by atoms with Crippen LogP contribution in [0.5, 0.6) is 5.75 Å². The summed E-state index contributed by atoms with van der Waals surface area (Å²) in [7, 11) is 1.67. The van der Waals surface area contributed by atoms with Crippen molar-refractivity contribution in [2.75, 3.05) is 25.9 Å². The van der Waals surface area contributed by atoms with E-state index < -0.39 is 11.7 Å². The van der Waals surface area contributed by atoms with Crippen molar-refractivity contribution in [2.45, 2.75) is 13.0 Å². The summed E-state index contributed by atoms with van der Waals surface area (Å²) in [6.45, 7) is 5.89.